The van der Waals surface area contributed by atoms with Crippen molar-refractivity contribution in [3.8, 4) is 0 Å². The molecule has 0 spiro atoms. The Morgan fingerprint density at radius 3 is 2.70 bits per heavy atom. The van der Waals surface area contributed by atoms with E-state index in [9.17, 15) is 4.39 Å². The third-order valence-electron chi connectivity index (χ3n) is 2.81. The van der Waals surface area contributed by atoms with Gasteiger partial charge < -0.3 is 5.32 Å². The van der Waals surface area contributed by atoms with Crippen molar-refractivity contribution in [2.75, 3.05) is 5.32 Å². The molecule has 100 valence electrons. The second-order valence-electron chi connectivity index (χ2n) is 4.38. The van der Waals surface area contributed by atoms with E-state index in [0.29, 0.717) is 12.4 Å². The van der Waals surface area contributed by atoms with E-state index in [1.807, 2.05) is 41.2 Å². The van der Waals surface area contributed by atoms with Gasteiger partial charge in [-0.15, -0.1) is 0 Å². The number of benzene rings is 1. The summed E-state index contributed by atoms with van der Waals surface area (Å²) in [6, 6.07) is 14.7. The number of nitrogens with one attached hydrogen (secondary N) is 1. The minimum absolute atomic E-state index is 0.462. The Balaban J connectivity index is 1.71. The molecule has 0 saturated carbocycles. The minimum Gasteiger partial charge on any atom is -0.338 e. The Morgan fingerprint density at radius 2 is 1.90 bits per heavy atom. The summed E-state index contributed by atoms with van der Waals surface area (Å²) in [5.74, 6) is -0.0454. The van der Waals surface area contributed by atoms with Crippen LogP contribution < -0.4 is 5.32 Å². The van der Waals surface area contributed by atoms with E-state index < -0.39 is 5.95 Å². The highest BCUT2D eigenvalue weighted by atomic mass is 19.1. The first-order valence-electron chi connectivity index (χ1n) is 6.25. The number of hydrogen-bond acceptors (Lipinski definition) is 3. The number of halogens is 1. The molecule has 1 N–H and O–H groups in total. The van der Waals surface area contributed by atoms with Gasteiger partial charge in [-0.2, -0.15) is 9.49 Å². The van der Waals surface area contributed by atoms with Crippen LogP contribution in [0.5, 0.6) is 0 Å². The molecule has 0 aliphatic heterocycles. The molecular weight excluding hydrogens is 255 g/mol. The molecule has 0 radical (unpaired) electrons. The van der Waals surface area contributed by atoms with Crippen molar-refractivity contribution in [2.24, 2.45) is 0 Å². The average Bonchev–Trinajstić information content (AvgIpc) is 2.87. The molecule has 0 aliphatic carbocycles. The first kappa shape index (κ1) is 12.3. The van der Waals surface area contributed by atoms with E-state index in [-0.39, 0.29) is 0 Å². The Labute approximate surface area is 115 Å². The number of anilines is 2. The van der Waals surface area contributed by atoms with Gasteiger partial charge in [0.2, 0.25) is 5.95 Å². The van der Waals surface area contributed by atoms with E-state index in [0.717, 1.165) is 5.69 Å². The molecule has 0 atom stereocenters. The Hall–Kier alpha value is -2.69. The van der Waals surface area contributed by atoms with E-state index in [4.69, 9.17) is 0 Å². The maximum atomic E-state index is 13.0. The van der Waals surface area contributed by atoms with E-state index in [1.165, 1.54) is 11.6 Å². The monoisotopic (exact) mass is 268 g/mol. The third-order valence-corrected chi connectivity index (χ3v) is 2.81. The number of pyridine rings is 1. The van der Waals surface area contributed by atoms with Gasteiger partial charge >= 0.3 is 0 Å². The Morgan fingerprint density at radius 1 is 1.05 bits per heavy atom. The zero-order valence-electron chi connectivity index (χ0n) is 10.7. The topological polar surface area (TPSA) is 42.7 Å². The van der Waals surface area contributed by atoms with Gasteiger partial charge in [0, 0.05) is 6.20 Å². The number of aromatic nitrogens is 3. The van der Waals surface area contributed by atoms with E-state index in [2.05, 4.69) is 15.4 Å². The summed E-state index contributed by atoms with van der Waals surface area (Å²) < 4.78 is 14.8. The molecule has 2 aromatic heterocycles. The van der Waals surface area contributed by atoms with Crippen molar-refractivity contribution in [3.05, 3.63) is 72.4 Å². The molecule has 0 aliphatic rings. The first-order valence-corrected chi connectivity index (χ1v) is 6.25. The highest BCUT2D eigenvalue weighted by Crippen LogP contribution is 2.14. The molecular formula is C15H13FN4. The number of rotatable bonds is 4. The molecule has 3 aromatic rings. The largest absolute Gasteiger partial charge is 0.338 e. The highest BCUT2D eigenvalue weighted by molar-refractivity contribution is 5.53. The van der Waals surface area contributed by atoms with Gasteiger partial charge in [-0.05, 0) is 17.7 Å². The van der Waals surface area contributed by atoms with Crippen LogP contribution >= 0.6 is 0 Å². The lowest BCUT2D eigenvalue weighted by atomic mass is 10.2. The van der Waals surface area contributed by atoms with Crippen LogP contribution in [0.4, 0.5) is 15.9 Å². The van der Waals surface area contributed by atoms with Crippen molar-refractivity contribution in [3.63, 3.8) is 0 Å². The van der Waals surface area contributed by atoms with Crippen LogP contribution in [0.15, 0.2) is 60.9 Å². The van der Waals surface area contributed by atoms with Crippen LogP contribution in [-0.4, -0.2) is 14.8 Å². The smallest absolute Gasteiger partial charge is 0.214 e. The molecule has 2 heterocycles. The van der Waals surface area contributed by atoms with Gasteiger partial charge in [-0.25, -0.2) is 4.98 Å². The van der Waals surface area contributed by atoms with E-state index in [1.54, 1.807) is 18.3 Å². The fourth-order valence-corrected chi connectivity index (χ4v) is 1.91. The van der Waals surface area contributed by atoms with Crippen LogP contribution in [-0.2, 0) is 6.54 Å². The van der Waals surface area contributed by atoms with Gasteiger partial charge in [-0.3, -0.25) is 4.68 Å². The summed E-state index contributed by atoms with van der Waals surface area (Å²) >= 11 is 0. The summed E-state index contributed by atoms with van der Waals surface area (Å²) in [6.45, 7) is 0.694. The first-order chi connectivity index (χ1) is 9.79. The summed E-state index contributed by atoms with van der Waals surface area (Å²) in [5, 5.41) is 7.28. The van der Waals surface area contributed by atoms with Crippen LogP contribution in [0.2, 0.25) is 0 Å². The molecule has 0 bridgehead atoms. The zero-order chi connectivity index (χ0) is 13.8. The van der Waals surface area contributed by atoms with Gasteiger partial charge in [0.25, 0.3) is 0 Å². The normalized spacial score (nSPS) is 10.4. The van der Waals surface area contributed by atoms with Gasteiger partial charge in [0.1, 0.15) is 5.82 Å². The lowest BCUT2D eigenvalue weighted by Gasteiger charge is -2.02. The number of hydrogen-bond donors (Lipinski definition) is 1. The summed E-state index contributed by atoms with van der Waals surface area (Å²) in [5.41, 5.74) is 1.95. The quantitative estimate of drug-likeness (QED) is 0.739. The standard InChI is InChI=1S/C15H13FN4/c16-14-7-4-8-15(19-14)18-13-9-17-20(11-13)10-12-5-2-1-3-6-12/h1-9,11H,10H2,(H,18,19). The van der Waals surface area contributed by atoms with Crippen molar-refractivity contribution < 1.29 is 4.39 Å². The van der Waals surface area contributed by atoms with E-state index >= 15 is 0 Å². The summed E-state index contributed by atoms with van der Waals surface area (Å²) in [7, 11) is 0. The highest BCUT2D eigenvalue weighted by Gasteiger charge is 2.02. The second-order valence-corrected chi connectivity index (χ2v) is 4.38. The predicted molar refractivity (Wildman–Crippen MR) is 75.2 cm³/mol. The van der Waals surface area contributed by atoms with Gasteiger partial charge in [0.15, 0.2) is 0 Å². The molecule has 3 rings (SSSR count). The number of nitrogens with zero attached hydrogens (tertiary/aromatic N) is 3. The molecule has 20 heavy (non-hydrogen) atoms. The SMILES string of the molecule is Fc1cccc(Nc2cnn(Cc3ccccc3)c2)n1. The lowest BCUT2D eigenvalue weighted by molar-refractivity contribution is 0.585. The maximum absolute atomic E-state index is 13.0. The lowest BCUT2D eigenvalue weighted by Crippen LogP contribution is -1.99. The third kappa shape index (κ3) is 3.00. The molecule has 0 saturated heterocycles. The molecule has 1 aromatic carbocycles. The molecule has 5 heteroatoms. The van der Waals surface area contributed by atoms with Crippen LogP contribution in [0.3, 0.4) is 0 Å². The fourth-order valence-electron chi connectivity index (χ4n) is 1.91. The average molecular weight is 268 g/mol. The van der Waals surface area contributed by atoms with Crippen LogP contribution in [0.1, 0.15) is 5.56 Å². The summed E-state index contributed by atoms with van der Waals surface area (Å²) in [4.78, 5) is 3.75. The van der Waals surface area contributed by atoms with Gasteiger partial charge in [-0.1, -0.05) is 36.4 Å². The van der Waals surface area contributed by atoms with Crippen LogP contribution in [0, 0.1) is 5.95 Å². The maximum Gasteiger partial charge on any atom is 0.214 e. The second kappa shape index (κ2) is 5.52. The minimum atomic E-state index is -0.508. The molecule has 4 nitrogen and oxygen atoms in total. The van der Waals surface area contributed by atoms with Crippen molar-refractivity contribution in [2.45, 2.75) is 6.54 Å². The Bertz CT molecular complexity index is 694. The van der Waals surface area contributed by atoms with Gasteiger partial charge in [0.05, 0.1) is 18.4 Å². The predicted octanol–water partition coefficient (Wildman–Crippen LogP) is 3.21. The van der Waals surface area contributed by atoms with Crippen molar-refractivity contribution in [1.29, 1.82) is 0 Å². The zero-order valence-corrected chi connectivity index (χ0v) is 10.7. The molecule has 0 fully saturated rings. The van der Waals surface area contributed by atoms with Crippen molar-refractivity contribution >= 4 is 11.5 Å². The van der Waals surface area contributed by atoms with Crippen LogP contribution in [0.25, 0.3) is 0 Å². The Kier molecular flexibility index (Phi) is 3.41. The summed E-state index contributed by atoms with van der Waals surface area (Å²) in [6.07, 6.45) is 3.55. The molecule has 0 amide bonds. The molecule has 0 unspecified atom stereocenters. The fraction of sp³-hybridized carbons (Fsp3) is 0.0667. The van der Waals surface area contributed by atoms with Crippen molar-refractivity contribution in [1.82, 2.24) is 14.8 Å².